The lowest BCUT2D eigenvalue weighted by molar-refractivity contribution is -0.120. The third-order valence-electron chi connectivity index (χ3n) is 5.55. The molecule has 0 aliphatic carbocycles. The summed E-state index contributed by atoms with van der Waals surface area (Å²) in [5, 5.41) is 13.4. The number of nitrogens with zero attached hydrogens (tertiary/aromatic N) is 3. The standard InChI is InChI=1S/C17H21BN4O4/c23-10-18-20-6-5-11-7-13(2-1-12(11)8-20)19-16(24)15-4-3-14-9-21(15)17(25)22(14)26/h1-2,7,10,14-15,18,26H,3-6,8-9H2,(H,19,24)/t14-,15+/m1/s1. The van der Waals surface area contributed by atoms with E-state index in [0.717, 1.165) is 30.8 Å². The van der Waals surface area contributed by atoms with E-state index in [1.807, 2.05) is 18.2 Å². The van der Waals surface area contributed by atoms with Crippen LogP contribution in [0.5, 0.6) is 0 Å². The van der Waals surface area contributed by atoms with Crippen LogP contribution in [0.1, 0.15) is 24.0 Å². The lowest BCUT2D eigenvalue weighted by Crippen LogP contribution is -2.47. The molecular weight excluding hydrogens is 335 g/mol. The molecule has 2 fully saturated rings. The van der Waals surface area contributed by atoms with Gasteiger partial charge in [-0.2, -0.15) is 0 Å². The summed E-state index contributed by atoms with van der Waals surface area (Å²) in [5.41, 5.74) is 3.06. The molecule has 0 aromatic heterocycles. The predicted molar refractivity (Wildman–Crippen MR) is 95.6 cm³/mol. The first-order chi connectivity index (χ1) is 12.6. The van der Waals surface area contributed by atoms with Gasteiger partial charge >= 0.3 is 6.03 Å². The zero-order valence-electron chi connectivity index (χ0n) is 14.4. The van der Waals surface area contributed by atoms with E-state index in [1.54, 1.807) is 0 Å². The van der Waals surface area contributed by atoms with Gasteiger partial charge in [-0.25, -0.2) is 9.86 Å². The van der Waals surface area contributed by atoms with Gasteiger partial charge < -0.3 is 19.8 Å². The number of hydroxylamine groups is 2. The van der Waals surface area contributed by atoms with Gasteiger partial charge in [0, 0.05) is 18.8 Å². The van der Waals surface area contributed by atoms with Crippen molar-refractivity contribution in [1.82, 2.24) is 14.8 Å². The number of amides is 3. The first-order valence-corrected chi connectivity index (χ1v) is 8.94. The molecule has 2 atom stereocenters. The molecule has 2 bridgehead atoms. The fourth-order valence-corrected chi connectivity index (χ4v) is 4.10. The molecule has 3 aliphatic rings. The number of carbonyl (C=O) groups is 3. The Hall–Kier alpha value is -2.39. The molecule has 26 heavy (non-hydrogen) atoms. The van der Waals surface area contributed by atoms with Crippen LogP contribution >= 0.6 is 0 Å². The number of nitrogens with one attached hydrogen (secondary N) is 1. The smallest absolute Gasteiger partial charge is 0.335 e. The first kappa shape index (κ1) is 17.1. The van der Waals surface area contributed by atoms with Crippen molar-refractivity contribution in [2.45, 2.75) is 37.9 Å². The largest absolute Gasteiger partial charge is 0.344 e. The summed E-state index contributed by atoms with van der Waals surface area (Å²) < 4.78 is 0. The molecule has 2 saturated heterocycles. The van der Waals surface area contributed by atoms with E-state index in [1.165, 1.54) is 16.0 Å². The molecule has 3 aliphatic heterocycles. The number of hydrogen-bond acceptors (Lipinski definition) is 5. The van der Waals surface area contributed by atoms with E-state index in [0.29, 0.717) is 32.5 Å². The van der Waals surface area contributed by atoms with Crippen LogP contribution in [0.15, 0.2) is 18.2 Å². The van der Waals surface area contributed by atoms with Crippen LogP contribution in [0.3, 0.4) is 0 Å². The van der Waals surface area contributed by atoms with Gasteiger partial charge in [0.05, 0.1) is 12.2 Å². The molecule has 0 spiro atoms. The minimum Gasteiger partial charge on any atom is -0.335 e. The lowest BCUT2D eigenvalue weighted by Gasteiger charge is -2.30. The number of piperidine rings is 1. The topological polar surface area (TPSA) is 93.2 Å². The number of fused-ring (bicyclic) bond motifs is 3. The van der Waals surface area contributed by atoms with Crippen molar-refractivity contribution in [3.8, 4) is 0 Å². The number of hydrogen-bond donors (Lipinski definition) is 2. The maximum Gasteiger partial charge on any atom is 0.344 e. The molecule has 4 rings (SSSR count). The average Bonchev–Trinajstić information content (AvgIpc) is 2.86. The summed E-state index contributed by atoms with van der Waals surface area (Å²) in [6.45, 7) is 1.95. The molecule has 3 amide bonds. The molecule has 0 radical (unpaired) electrons. The normalized spacial score (nSPS) is 25.0. The SMILES string of the molecule is O=CBN1CCc2cc(NC(=O)[C@@H]3CC[C@@H]4CN3C(=O)N4O)ccc2C1. The number of carbonyl (C=O) groups excluding carboxylic acids is 3. The van der Waals surface area contributed by atoms with E-state index in [4.69, 9.17) is 0 Å². The fourth-order valence-electron chi connectivity index (χ4n) is 4.10. The predicted octanol–water partition coefficient (Wildman–Crippen LogP) is 0.183. The van der Waals surface area contributed by atoms with E-state index >= 15 is 0 Å². The van der Waals surface area contributed by atoms with Gasteiger partial charge in [-0.3, -0.25) is 10.0 Å². The second-order valence-electron chi connectivity index (χ2n) is 7.15. The van der Waals surface area contributed by atoms with Crippen molar-refractivity contribution < 1.29 is 19.6 Å². The van der Waals surface area contributed by atoms with Gasteiger partial charge in [0.25, 0.3) is 7.41 Å². The molecule has 8 nitrogen and oxygen atoms in total. The third-order valence-corrected chi connectivity index (χ3v) is 5.55. The molecule has 0 saturated carbocycles. The Labute approximate surface area is 152 Å². The zero-order valence-corrected chi connectivity index (χ0v) is 14.4. The van der Waals surface area contributed by atoms with Gasteiger partial charge in [0.1, 0.15) is 6.04 Å². The van der Waals surface area contributed by atoms with Crippen molar-refractivity contribution in [2.75, 3.05) is 18.4 Å². The van der Waals surface area contributed by atoms with Crippen LogP contribution < -0.4 is 5.32 Å². The van der Waals surface area contributed by atoms with Crippen molar-refractivity contribution in [1.29, 1.82) is 0 Å². The number of anilines is 1. The maximum atomic E-state index is 12.7. The third kappa shape index (κ3) is 2.97. The van der Waals surface area contributed by atoms with Crippen LogP contribution in [-0.2, 0) is 22.6 Å². The second-order valence-corrected chi connectivity index (χ2v) is 7.15. The zero-order chi connectivity index (χ0) is 18.3. The monoisotopic (exact) mass is 356 g/mol. The van der Waals surface area contributed by atoms with Crippen LogP contribution in [0, 0.1) is 0 Å². The van der Waals surface area contributed by atoms with E-state index in [9.17, 15) is 19.6 Å². The van der Waals surface area contributed by atoms with Crippen LogP contribution in [0.4, 0.5) is 10.5 Å². The van der Waals surface area contributed by atoms with Crippen molar-refractivity contribution >= 4 is 31.2 Å². The molecule has 3 heterocycles. The minimum atomic E-state index is -0.546. The highest BCUT2D eigenvalue weighted by Crippen LogP contribution is 2.29. The van der Waals surface area contributed by atoms with Gasteiger partial charge in [0.15, 0.2) is 0 Å². The summed E-state index contributed by atoms with van der Waals surface area (Å²) in [4.78, 5) is 38.9. The van der Waals surface area contributed by atoms with Crippen LogP contribution in [-0.4, -0.2) is 70.7 Å². The average molecular weight is 356 g/mol. The van der Waals surface area contributed by atoms with E-state index in [2.05, 4.69) is 10.1 Å². The van der Waals surface area contributed by atoms with Gasteiger partial charge in [-0.05, 0) is 49.1 Å². The Balaban J connectivity index is 1.44. The quantitative estimate of drug-likeness (QED) is 0.456. The Bertz CT molecular complexity index is 758. The summed E-state index contributed by atoms with van der Waals surface area (Å²) >= 11 is 0. The van der Waals surface area contributed by atoms with Gasteiger partial charge in [0.2, 0.25) is 5.91 Å². The highest BCUT2D eigenvalue weighted by Gasteiger charge is 2.46. The first-order valence-electron chi connectivity index (χ1n) is 8.94. The molecule has 1 aromatic rings. The van der Waals surface area contributed by atoms with Crippen LogP contribution in [0.25, 0.3) is 0 Å². The minimum absolute atomic E-state index is 0.204. The van der Waals surface area contributed by atoms with Crippen molar-refractivity contribution in [3.05, 3.63) is 29.3 Å². The maximum absolute atomic E-state index is 12.7. The lowest BCUT2D eigenvalue weighted by atomic mass is 9.88. The van der Waals surface area contributed by atoms with Crippen molar-refractivity contribution in [3.63, 3.8) is 0 Å². The van der Waals surface area contributed by atoms with E-state index < -0.39 is 12.1 Å². The van der Waals surface area contributed by atoms with E-state index in [-0.39, 0.29) is 11.9 Å². The van der Waals surface area contributed by atoms with Crippen LogP contribution in [0.2, 0.25) is 0 Å². The number of urea groups is 1. The second kappa shape index (κ2) is 6.73. The van der Waals surface area contributed by atoms with Gasteiger partial charge in [-0.1, -0.05) is 6.07 Å². The summed E-state index contributed by atoms with van der Waals surface area (Å²) in [6, 6.07) is 4.57. The van der Waals surface area contributed by atoms with Gasteiger partial charge in [-0.15, -0.1) is 0 Å². The molecule has 136 valence electrons. The van der Waals surface area contributed by atoms with Crippen molar-refractivity contribution in [2.24, 2.45) is 0 Å². The highest BCUT2D eigenvalue weighted by molar-refractivity contribution is 6.64. The Morgan fingerprint density at radius 3 is 2.96 bits per heavy atom. The molecule has 2 N–H and O–H groups in total. The Morgan fingerprint density at radius 2 is 2.15 bits per heavy atom. The molecule has 1 aromatic carbocycles. The molecule has 9 heteroatoms. The fraction of sp³-hybridized carbons (Fsp3) is 0.471. The molecule has 0 unspecified atom stereocenters. The number of rotatable bonds is 4. The Morgan fingerprint density at radius 1 is 1.31 bits per heavy atom. The number of benzene rings is 1. The molecular formula is C17H21BN4O4. The summed E-state index contributed by atoms with van der Waals surface area (Å²) in [6.07, 6.45) is 2.92. The highest BCUT2D eigenvalue weighted by atomic mass is 16.5. The Kier molecular flexibility index (Phi) is 4.42. The summed E-state index contributed by atoms with van der Waals surface area (Å²) in [5.74, 6) is -0.217. The summed E-state index contributed by atoms with van der Waals surface area (Å²) in [7, 11) is 0.437.